The van der Waals surface area contributed by atoms with Crippen LogP contribution in [0.3, 0.4) is 0 Å². The Morgan fingerprint density at radius 3 is 2.82 bits per heavy atom. The zero-order chi connectivity index (χ0) is 12.7. The Morgan fingerprint density at radius 1 is 1.47 bits per heavy atom. The predicted octanol–water partition coefficient (Wildman–Crippen LogP) is -0.380. The molecule has 1 rings (SSSR count). The smallest absolute Gasteiger partial charge is 0.237 e. The monoisotopic (exact) mass is 239 g/mol. The molecule has 2 amide bonds. The summed E-state index contributed by atoms with van der Waals surface area (Å²) >= 11 is 0. The Balaban J connectivity index is 2.24. The average Bonchev–Trinajstić information content (AvgIpc) is 2.85. The topological polar surface area (TPSA) is 83.4 Å². The van der Waals surface area contributed by atoms with E-state index < -0.39 is 6.04 Å². The number of carbonyl (C=O) groups excluding carboxylic acids is 2. The van der Waals surface area contributed by atoms with Crippen LogP contribution in [0.4, 0.5) is 0 Å². The Labute approximate surface area is 99.8 Å². The summed E-state index contributed by atoms with van der Waals surface area (Å²) in [6.07, 6.45) is 1.55. The summed E-state index contributed by atoms with van der Waals surface area (Å²) in [5.74, 6) is 0.359. The van der Waals surface area contributed by atoms with Gasteiger partial charge in [0, 0.05) is 7.05 Å². The average molecular weight is 239 g/mol. The highest BCUT2D eigenvalue weighted by atomic mass is 16.3. The Hall–Kier alpha value is -1.82. The molecule has 1 unspecified atom stereocenters. The van der Waals surface area contributed by atoms with E-state index in [4.69, 9.17) is 4.42 Å². The summed E-state index contributed by atoms with van der Waals surface area (Å²) in [6, 6.07) is 3.11. The molecule has 0 bridgehead atoms. The van der Waals surface area contributed by atoms with Crippen LogP contribution >= 0.6 is 0 Å². The molecule has 17 heavy (non-hydrogen) atoms. The minimum Gasteiger partial charge on any atom is -0.467 e. The normalized spacial score (nSPS) is 11.9. The fourth-order valence-corrected chi connectivity index (χ4v) is 1.17. The number of carbonyl (C=O) groups is 2. The number of amides is 2. The van der Waals surface area contributed by atoms with Crippen LogP contribution in [-0.4, -0.2) is 31.4 Å². The molecule has 0 aliphatic rings. The predicted molar refractivity (Wildman–Crippen MR) is 62.1 cm³/mol. The van der Waals surface area contributed by atoms with Crippen molar-refractivity contribution in [1.82, 2.24) is 16.0 Å². The summed E-state index contributed by atoms with van der Waals surface area (Å²) in [6.45, 7) is 2.16. The zero-order valence-corrected chi connectivity index (χ0v) is 9.95. The molecular formula is C11H17N3O3. The number of furan rings is 1. The molecule has 0 aliphatic carbocycles. The summed E-state index contributed by atoms with van der Waals surface area (Å²) < 4.78 is 5.08. The summed E-state index contributed by atoms with van der Waals surface area (Å²) in [7, 11) is 1.55. The molecular weight excluding hydrogens is 222 g/mol. The van der Waals surface area contributed by atoms with Crippen molar-refractivity contribution < 1.29 is 14.0 Å². The van der Waals surface area contributed by atoms with E-state index in [1.807, 2.05) is 0 Å². The Morgan fingerprint density at radius 2 is 2.24 bits per heavy atom. The molecule has 1 atom stereocenters. The lowest BCUT2D eigenvalue weighted by Crippen LogP contribution is -2.45. The second kappa shape index (κ2) is 6.70. The van der Waals surface area contributed by atoms with E-state index in [0.29, 0.717) is 12.3 Å². The molecule has 94 valence electrons. The molecule has 1 aromatic rings. The second-order valence-corrected chi connectivity index (χ2v) is 3.57. The van der Waals surface area contributed by atoms with Gasteiger partial charge in [-0.2, -0.15) is 0 Å². The van der Waals surface area contributed by atoms with Crippen LogP contribution in [-0.2, 0) is 16.1 Å². The summed E-state index contributed by atoms with van der Waals surface area (Å²) in [5.41, 5.74) is 0. The Kier molecular flexibility index (Phi) is 5.22. The maximum Gasteiger partial charge on any atom is 0.237 e. The molecule has 0 aromatic carbocycles. The molecule has 0 fully saturated rings. The van der Waals surface area contributed by atoms with Crippen molar-refractivity contribution in [3.05, 3.63) is 24.2 Å². The van der Waals surface area contributed by atoms with Crippen LogP contribution in [0, 0.1) is 0 Å². The molecule has 1 heterocycles. The first kappa shape index (κ1) is 13.2. The van der Waals surface area contributed by atoms with Crippen molar-refractivity contribution in [1.29, 1.82) is 0 Å². The van der Waals surface area contributed by atoms with Gasteiger partial charge in [-0.1, -0.05) is 0 Å². The van der Waals surface area contributed by atoms with E-state index in [2.05, 4.69) is 16.0 Å². The van der Waals surface area contributed by atoms with Gasteiger partial charge in [-0.05, 0) is 19.1 Å². The number of hydrogen-bond donors (Lipinski definition) is 3. The molecule has 6 heteroatoms. The maximum absolute atomic E-state index is 11.6. The minimum atomic E-state index is -0.428. The van der Waals surface area contributed by atoms with Crippen molar-refractivity contribution in [2.45, 2.75) is 19.5 Å². The molecule has 1 aromatic heterocycles. The van der Waals surface area contributed by atoms with E-state index in [-0.39, 0.29) is 18.4 Å². The van der Waals surface area contributed by atoms with Gasteiger partial charge in [-0.3, -0.25) is 14.9 Å². The van der Waals surface area contributed by atoms with Crippen molar-refractivity contribution in [3.8, 4) is 0 Å². The first-order valence-electron chi connectivity index (χ1n) is 5.37. The number of hydrogen-bond acceptors (Lipinski definition) is 4. The minimum absolute atomic E-state index is 0.117. The van der Waals surface area contributed by atoms with Crippen LogP contribution in [0.25, 0.3) is 0 Å². The van der Waals surface area contributed by atoms with Gasteiger partial charge in [-0.15, -0.1) is 0 Å². The van der Waals surface area contributed by atoms with Crippen LogP contribution < -0.4 is 16.0 Å². The molecule has 0 spiro atoms. The second-order valence-electron chi connectivity index (χ2n) is 3.57. The molecule has 0 saturated heterocycles. The van der Waals surface area contributed by atoms with Gasteiger partial charge in [0.15, 0.2) is 0 Å². The molecule has 0 aliphatic heterocycles. The molecule has 0 saturated carbocycles. The maximum atomic E-state index is 11.6. The van der Waals surface area contributed by atoms with E-state index >= 15 is 0 Å². The quantitative estimate of drug-likeness (QED) is 0.632. The fourth-order valence-electron chi connectivity index (χ4n) is 1.17. The fraction of sp³-hybridized carbons (Fsp3) is 0.455. The van der Waals surface area contributed by atoms with E-state index in [1.165, 1.54) is 0 Å². The highest BCUT2D eigenvalue weighted by Gasteiger charge is 2.13. The van der Waals surface area contributed by atoms with E-state index in [9.17, 15) is 9.59 Å². The van der Waals surface area contributed by atoms with Crippen LogP contribution in [0.2, 0.25) is 0 Å². The van der Waals surface area contributed by atoms with Crippen molar-refractivity contribution >= 4 is 11.8 Å². The van der Waals surface area contributed by atoms with Gasteiger partial charge in [-0.25, -0.2) is 0 Å². The number of rotatable bonds is 6. The molecule has 0 radical (unpaired) electrons. The summed E-state index contributed by atoms with van der Waals surface area (Å²) in [5, 5.41) is 7.97. The van der Waals surface area contributed by atoms with E-state index in [0.717, 1.165) is 0 Å². The third-order valence-electron chi connectivity index (χ3n) is 2.26. The lowest BCUT2D eigenvalue weighted by molar-refractivity contribution is -0.123. The van der Waals surface area contributed by atoms with Gasteiger partial charge in [0.1, 0.15) is 5.76 Å². The Bertz CT molecular complexity index is 362. The van der Waals surface area contributed by atoms with Crippen molar-refractivity contribution in [2.24, 2.45) is 0 Å². The van der Waals surface area contributed by atoms with Gasteiger partial charge in [0.05, 0.1) is 25.4 Å². The number of nitrogens with one attached hydrogen (secondary N) is 3. The highest BCUT2D eigenvalue weighted by Crippen LogP contribution is 1.98. The van der Waals surface area contributed by atoms with Gasteiger partial charge in [0.25, 0.3) is 0 Å². The molecule has 6 nitrogen and oxygen atoms in total. The highest BCUT2D eigenvalue weighted by molar-refractivity contribution is 5.83. The first-order valence-corrected chi connectivity index (χ1v) is 5.37. The van der Waals surface area contributed by atoms with Crippen molar-refractivity contribution in [2.75, 3.05) is 13.6 Å². The van der Waals surface area contributed by atoms with Crippen LogP contribution in [0.1, 0.15) is 12.7 Å². The third-order valence-corrected chi connectivity index (χ3v) is 2.26. The van der Waals surface area contributed by atoms with Crippen LogP contribution in [0.15, 0.2) is 22.8 Å². The lowest BCUT2D eigenvalue weighted by atomic mass is 10.3. The van der Waals surface area contributed by atoms with E-state index in [1.54, 1.807) is 32.4 Å². The number of likely N-dealkylation sites (N-methyl/N-ethyl adjacent to an activating group) is 1. The van der Waals surface area contributed by atoms with Gasteiger partial charge < -0.3 is 15.1 Å². The first-order chi connectivity index (χ1) is 8.13. The van der Waals surface area contributed by atoms with Gasteiger partial charge in [0.2, 0.25) is 11.8 Å². The third kappa shape index (κ3) is 4.69. The zero-order valence-electron chi connectivity index (χ0n) is 9.95. The van der Waals surface area contributed by atoms with Crippen LogP contribution in [0.5, 0.6) is 0 Å². The molecule has 3 N–H and O–H groups in total. The van der Waals surface area contributed by atoms with Gasteiger partial charge >= 0.3 is 0 Å². The van der Waals surface area contributed by atoms with Crippen molar-refractivity contribution in [3.63, 3.8) is 0 Å². The SMILES string of the molecule is CNC(=O)CNC(C)C(=O)NCc1ccco1. The standard InChI is InChI=1S/C11H17N3O3/c1-8(13-7-10(15)12-2)11(16)14-6-9-4-3-5-17-9/h3-5,8,13H,6-7H2,1-2H3,(H,12,15)(H,14,16). The lowest BCUT2D eigenvalue weighted by Gasteiger charge is -2.12. The largest absolute Gasteiger partial charge is 0.467 e. The summed E-state index contributed by atoms with van der Waals surface area (Å²) in [4.78, 5) is 22.6.